The number of hydrogen-bond acceptors (Lipinski definition) is 8. The molecule has 2 rings (SSSR count). The Labute approximate surface area is 234 Å². The molecule has 2 aromatic rings. The normalized spacial score (nSPS) is 10.9. The van der Waals surface area contributed by atoms with Crippen LogP contribution in [0.4, 0.5) is 11.8 Å². The molecule has 1 aromatic carbocycles. The van der Waals surface area contributed by atoms with Gasteiger partial charge in [-0.05, 0) is 64.4 Å². The number of ether oxygens (including phenoxy) is 1. The number of aromatic nitrogens is 2. The van der Waals surface area contributed by atoms with Crippen molar-refractivity contribution in [3.63, 3.8) is 0 Å². The lowest BCUT2D eigenvalue weighted by Crippen LogP contribution is -2.32. The second-order valence-electron chi connectivity index (χ2n) is 10.2. The molecule has 1 aromatic heterocycles. The van der Waals surface area contributed by atoms with Crippen LogP contribution in [0.15, 0.2) is 24.3 Å². The molecule has 9 nitrogen and oxygen atoms in total. The number of benzene rings is 1. The molecule has 0 unspecified atom stereocenters. The van der Waals surface area contributed by atoms with Crippen molar-refractivity contribution in [2.24, 2.45) is 0 Å². The zero-order valence-corrected chi connectivity index (χ0v) is 24.8. The summed E-state index contributed by atoms with van der Waals surface area (Å²) in [7, 11) is 7.26. The first kappa shape index (κ1) is 32.0. The number of methoxy groups -OCH3 is 1. The van der Waals surface area contributed by atoms with Crippen molar-refractivity contribution < 1.29 is 14.3 Å². The van der Waals surface area contributed by atoms with Crippen molar-refractivity contribution >= 4 is 23.6 Å². The molecule has 1 amide bonds. The van der Waals surface area contributed by atoms with Crippen LogP contribution in [0.2, 0.25) is 0 Å². The number of esters is 1. The van der Waals surface area contributed by atoms with E-state index in [0.717, 1.165) is 67.0 Å². The number of amides is 1. The van der Waals surface area contributed by atoms with Crippen molar-refractivity contribution in [1.29, 1.82) is 0 Å². The highest BCUT2D eigenvalue weighted by Gasteiger charge is 2.17. The quantitative estimate of drug-likeness (QED) is 0.211. The fourth-order valence-electron chi connectivity index (χ4n) is 4.48. The average Bonchev–Trinajstić information content (AvgIpc) is 2.91. The third-order valence-corrected chi connectivity index (χ3v) is 6.65. The number of carbonyl (C=O) groups excluding carboxylic acids is 2. The monoisotopic (exact) mass is 540 g/mol. The van der Waals surface area contributed by atoms with Crippen molar-refractivity contribution in [2.45, 2.75) is 71.8 Å². The van der Waals surface area contributed by atoms with E-state index >= 15 is 0 Å². The highest BCUT2D eigenvalue weighted by molar-refractivity contribution is 5.76. The van der Waals surface area contributed by atoms with Gasteiger partial charge in [-0.2, -0.15) is 4.98 Å². The van der Waals surface area contributed by atoms with Crippen molar-refractivity contribution in [1.82, 2.24) is 19.8 Å². The molecule has 0 fully saturated rings. The van der Waals surface area contributed by atoms with E-state index in [1.54, 1.807) is 0 Å². The van der Waals surface area contributed by atoms with E-state index in [9.17, 15) is 9.59 Å². The molecule has 0 aliphatic carbocycles. The molecule has 9 heteroatoms. The van der Waals surface area contributed by atoms with Gasteiger partial charge >= 0.3 is 5.97 Å². The van der Waals surface area contributed by atoms with E-state index in [2.05, 4.69) is 27.4 Å². The van der Waals surface area contributed by atoms with Crippen LogP contribution in [0, 0.1) is 6.92 Å². The lowest BCUT2D eigenvalue weighted by atomic mass is 10.1. The first-order valence-corrected chi connectivity index (χ1v) is 14.1. The van der Waals surface area contributed by atoms with Crippen molar-refractivity contribution in [3.05, 3.63) is 46.6 Å². The van der Waals surface area contributed by atoms with Crippen molar-refractivity contribution in [3.8, 4) is 0 Å². The summed E-state index contributed by atoms with van der Waals surface area (Å²) in [5.74, 6) is 1.36. The zero-order chi connectivity index (χ0) is 28.6. The van der Waals surface area contributed by atoms with Gasteiger partial charge in [0.25, 0.3) is 0 Å². The molecule has 0 aliphatic rings. The number of aryl methyl sites for hydroxylation is 1. The summed E-state index contributed by atoms with van der Waals surface area (Å²) in [6, 6.07) is 7.84. The minimum atomic E-state index is -0.273. The van der Waals surface area contributed by atoms with Crippen LogP contribution in [-0.4, -0.2) is 79.5 Å². The minimum absolute atomic E-state index is 0.145. The summed E-state index contributed by atoms with van der Waals surface area (Å²) in [4.78, 5) is 38.4. The van der Waals surface area contributed by atoms with Gasteiger partial charge in [-0.25, -0.2) is 4.98 Å². The van der Waals surface area contributed by atoms with Crippen LogP contribution < -0.4 is 10.6 Å². The van der Waals surface area contributed by atoms with Gasteiger partial charge in [0, 0.05) is 44.4 Å². The number of rotatable bonds is 18. The van der Waals surface area contributed by atoms with Crippen LogP contribution in [0.3, 0.4) is 0 Å². The number of nitrogens with zero attached hydrogens (tertiary/aromatic N) is 4. The first-order chi connectivity index (χ1) is 18.8. The van der Waals surface area contributed by atoms with Gasteiger partial charge < -0.3 is 25.2 Å². The van der Waals surface area contributed by atoms with E-state index in [1.165, 1.54) is 20.0 Å². The van der Waals surface area contributed by atoms with Gasteiger partial charge in [0.2, 0.25) is 11.9 Å². The van der Waals surface area contributed by atoms with E-state index in [0.29, 0.717) is 25.5 Å². The molecule has 0 bridgehead atoms. The number of nitrogens with one attached hydrogen (secondary N) is 2. The molecule has 0 aliphatic heterocycles. The minimum Gasteiger partial charge on any atom is -0.469 e. The number of carbonyl (C=O) groups is 2. The summed E-state index contributed by atoms with van der Waals surface area (Å²) in [6.45, 7) is 7.10. The smallest absolute Gasteiger partial charge is 0.309 e. The third kappa shape index (κ3) is 11.6. The number of anilines is 2. The summed E-state index contributed by atoms with van der Waals surface area (Å²) >= 11 is 0. The van der Waals surface area contributed by atoms with Gasteiger partial charge in [-0.3, -0.25) is 9.59 Å². The SMILES string of the molecule is CCCCCNc1nc(NC)nc(C)c1CCCN(Cc1cccc(CC(=O)OC)c1)C(=O)CCCN(C)C. The molecular formula is C30H48N6O3. The maximum atomic E-state index is 13.3. The zero-order valence-electron chi connectivity index (χ0n) is 24.8. The lowest BCUT2D eigenvalue weighted by molar-refractivity contribution is -0.139. The Hall–Kier alpha value is -3.20. The largest absolute Gasteiger partial charge is 0.469 e. The van der Waals surface area contributed by atoms with Gasteiger partial charge in [-0.15, -0.1) is 0 Å². The molecule has 0 saturated heterocycles. The summed E-state index contributed by atoms with van der Waals surface area (Å²) in [5.41, 5.74) is 3.95. The Morgan fingerprint density at radius 2 is 1.79 bits per heavy atom. The fraction of sp³-hybridized carbons (Fsp3) is 0.600. The molecule has 2 N–H and O–H groups in total. The first-order valence-electron chi connectivity index (χ1n) is 14.1. The molecule has 216 valence electrons. The van der Waals surface area contributed by atoms with E-state index in [-0.39, 0.29) is 18.3 Å². The van der Waals surface area contributed by atoms with Crippen LogP contribution in [0.25, 0.3) is 0 Å². The van der Waals surface area contributed by atoms with Gasteiger partial charge in [-0.1, -0.05) is 44.0 Å². The Morgan fingerprint density at radius 3 is 2.49 bits per heavy atom. The molecule has 0 spiro atoms. The topological polar surface area (TPSA) is 99.7 Å². The summed E-state index contributed by atoms with van der Waals surface area (Å²) in [6.07, 6.45) is 6.55. The van der Waals surface area contributed by atoms with Gasteiger partial charge in [0.05, 0.1) is 13.5 Å². The van der Waals surface area contributed by atoms with Crippen LogP contribution in [-0.2, 0) is 33.7 Å². The van der Waals surface area contributed by atoms with Gasteiger partial charge in [0.15, 0.2) is 0 Å². The Balaban J connectivity index is 2.15. The Bertz CT molecular complexity index is 1040. The second-order valence-corrected chi connectivity index (χ2v) is 10.2. The highest BCUT2D eigenvalue weighted by Crippen LogP contribution is 2.21. The Morgan fingerprint density at radius 1 is 1.03 bits per heavy atom. The third-order valence-electron chi connectivity index (χ3n) is 6.65. The Kier molecular flexibility index (Phi) is 14.3. The molecular weight excluding hydrogens is 492 g/mol. The van der Waals surface area contributed by atoms with Gasteiger partial charge in [0.1, 0.15) is 5.82 Å². The van der Waals surface area contributed by atoms with Crippen LogP contribution >= 0.6 is 0 Å². The standard InChI is InChI=1S/C30H48N6O3/c1-7-8-9-17-32-29-26(23(2)33-30(31-3)34-29)15-11-19-36(27(37)16-12-18-35(4)5)22-25-14-10-13-24(20-25)21-28(38)39-6/h10,13-14,20H,7-9,11-12,15-19,21-22H2,1-6H3,(H2,31,32,33,34). The predicted molar refractivity (Wildman–Crippen MR) is 158 cm³/mol. The molecule has 0 saturated carbocycles. The average molecular weight is 541 g/mol. The number of unbranched alkanes of at least 4 members (excludes halogenated alkanes) is 2. The summed E-state index contributed by atoms with van der Waals surface area (Å²) in [5, 5.41) is 6.57. The van der Waals surface area contributed by atoms with E-state index < -0.39 is 0 Å². The molecule has 39 heavy (non-hydrogen) atoms. The number of hydrogen-bond donors (Lipinski definition) is 2. The predicted octanol–water partition coefficient (Wildman–Crippen LogP) is 4.45. The summed E-state index contributed by atoms with van der Waals surface area (Å²) < 4.78 is 4.82. The highest BCUT2D eigenvalue weighted by atomic mass is 16.5. The van der Waals surface area contributed by atoms with E-state index in [1.807, 2.05) is 57.2 Å². The maximum absolute atomic E-state index is 13.3. The lowest BCUT2D eigenvalue weighted by Gasteiger charge is -2.24. The van der Waals surface area contributed by atoms with Crippen LogP contribution in [0.1, 0.15) is 67.8 Å². The second kappa shape index (κ2) is 17.4. The van der Waals surface area contributed by atoms with Crippen molar-refractivity contribution in [2.75, 3.05) is 58.5 Å². The van der Waals surface area contributed by atoms with E-state index in [4.69, 9.17) is 9.72 Å². The molecule has 1 heterocycles. The molecule has 0 atom stereocenters. The molecule has 0 radical (unpaired) electrons. The van der Waals surface area contributed by atoms with Crippen LogP contribution in [0.5, 0.6) is 0 Å². The fourth-order valence-corrected chi connectivity index (χ4v) is 4.48. The maximum Gasteiger partial charge on any atom is 0.309 e.